The summed E-state index contributed by atoms with van der Waals surface area (Å²) in [6, 6.07) is 0. The van der Waals surface area contributed by atoms with Gasteiger partial charge in [-0.25, -0.2) is 18.1 Å². The topological polar surface area (TPSA) is 62.3 Å². The van der Waals surface area contributed by atoms with Crippen molar-refractivity contribution < 1.29 is 8.42 Å². The number of nitrogens with zero attached hydrogens (tertiary/aromatic N) is 2. The molecule has 1 aromatic rings. The Morgan fingerprint density at radius 1 is 1.40 bits per heavy atom. The second-order valence-corrected chi connectivity index (χ2v) is 7.90. The zero-order chi connectivity index (χ0) is 14.4. The van der Waals surface area contributed by atoms with E-state index >= 15 is 0 Å². The van der Waals surface area contributed by atoms with Gasteiger partial charge in [0.25, 0.3) is 0 Å². The highest BCUT2D eigenvalue weighted by atomic mass is 32.2. The Hall–Kier alpha value is -0.660. The number of hydrogen-bond donors (Lipinski definition) is 1. The van der Waals surface area contributed by atoms with Crippen molar-refractivity contribution in [1.29, 1.82) is 0 Å². The molecule has 114 valence electrons. The van der Waals surface area contributed by atoms with E-state index < -0.39 is 10.0 Å². The van der Waals surface area contributed by atoms with Crippen LogP contribution in [0.2, 0.25) is 0 Å². The van der Waals surface area contributed by atoms with Crippen LogP contribution in [0.25, 0.3) is 0 Å². The number of anilines is 1. The minimum Gasteiger partial charge on any atom is -0.348 e. The van der Waals surface area contributed by atoms with Gasteiger partial charge in [-0.05, 0) is 19.3 Å². The molecule has 0 aromatic carbocycles. The molecule has 7 heteroatoms. The molecule has 20 heavy (non-hydrogen) atoms. The Kier molecular flexibility index (Phi) is 5.80. The summed E-state index contributed by atoms with van der Waals surface area (Å²) in [7, 11) is -3.11. The lowest BCUT2D eigenvalue weighted by Gasteiger charge is -2.12. The summed E-state index contributed by atoms with van der Waals surface area (Å²) < 4.78 is 26.0. The van der Waals surface area contributed by atoms with E-state index in [0.717, 1.165) is 30.3 Å². The number of unbranched alkanes of at least 4 members (excludes halogenated alkanes) is 1. The summed E-state index contributed by atoms with van der Waals surface area (Å²) in [5.74, 6) is 0.222. The lowest BCUT2D eigenvalue weighted by molar-refractivity contribution is 0.578. The number of thiazole rings is 1. The molecular weight excluding hydrogens is 294 g/mol. The van der Waals surface area contributed by atoms with Crippen molar-refractivity contribution in [2.45, 2.75) is 39.0 Å². The summed E-state index contributed by atoms with van der Waals surface area (Å²) >= 11 is 1.66. The molecule has 1 saturated heterocycles. The third-order valence-corrected chi connectivity index (χ3v) is 5.81. The number of hydrogen-bond acceptors (Lipinski definition) is 5. The first-order valence-corrected chi connectivity index (χ1v) is 9.80. The van der Waals surface area contributed by atoms with E-state index in [-0.39, 0.29) is 5.75 Å². The van der Waals surface area contributed by atoms with Crippen molar-refractivity contribution in [3.63, 3.8) is 0 Å². The largest absolute Gasteiger partial charge is 0.348 e. The normalized spacial score (nSPS) is 15.9. The van der Waals surface area contributed by atoms with Gasteiger partial charge in [-0.2, -0.15) is 0 Å². The van der Waals surface area contributed by atoms with Crippen LogP contribution < -0.4 is 9.62 Å². The van der Waals surface area contributed by atoms with Crippen LogP contribution in [0.1, 0.15) is 38.3 Å². The summed E-state index contributed by atoms with van der Waals surface area (Å²) in [4.78, 5) is 6.89. The van der Waals surface area contributed by atoms with Crippen LogP contribution >= 0.6 is 11.3 Å². The molecule has 0 radical (unpaired) electrons. The van der Waals surface area contributed by atoms with Gasteiger partial charge in [0.05, 0.1) is 11.4 Å². The molecule has 0 unspecified atom stereocenters. The van der Waals surface area contributed by atoms with Crippen molar-refractivity contribution >= 4 is 26.5 Å². The van der Waals surface area contributed by atoms with E-state index in [1.807, 2.05) is 12.3 Å². The fourth-order valence-corrected chi connectivity index (χ4v) is 4.35. The van der Waals surface area contributed by atoms with Gasteiger partial charge in [0, 0.05) is 31.4 Å². The van der Waals surface area contributed by atoms with Crippen molar-refractivity contribution in [3.05, 3.63) is 11.1 Å². The van der Waals surface area contributed by atoms with Crippen LogP contribution in [0.15, 0.2) is 5.38 Å². The van der Waals surface area contributed by atoms with Crippen LogP contribution in [0.4, 0.5) is 5.13 Å². The summed E-state index contributed by atoms with van der Waals surface area (Å²) in [6.45, 7) is 4.62. The quantitative estimate of drug-likeness (QED) is 0.796. The predicted octanol–water partition coefficient (Wildman–Crippen LogP) is 2.01. The van der Waals surface area contributed by atoms with Gasteiger partial charge in [0.2, 0.25) is 10.0 Å². The summed E-state index contributed by atoms with van der Waals surface area (Å²) in [5, 5.41) is 3.11. The molecule has 0 bridgehead atoms. The molecule has 0 saturated carbocycles. The Balaban J connectivity index is 1.77. The highest BCUT2D eigenvalue weighted by molar-refractivity contribution is 7.89. The minimum atomic E-state index is -3.11. The van der Waals surface area contributed by atoms with Crippen molar-refractivity contribution in [3.8, 4) is 0 Å². The number of rotatable bonds is 8. The number of aromatic nitrogens is 1. The maximum atomic E-state index is 11.7. The van der Waals surface area contributed by atoms with Gasteiger partial charge >= 0.3 is 0 Å². The van der Waals surface area contributed by atoms with Gasteiger partial charge in [-0.3, -0.25) is 0 Å². The minimum absolute atomic E-state index is 0.222. The van der Waals surface area contributed by atoms with E-state index in [1.165, 1.54) is 12.8 Å². The lowest BCUT2D eigenvalue weighted by Crippen LogP contribution is -2.28. The average Bonchev–Trinajstić information content (AvgIpc) is 3.06. The molecule has 0 amide bonds. The molecule has 1 aliphatic heterocycles. The summed E-state index contributed by atoms with van der Waals surface area (Å²) in [5.41, 5.74) is 0.982. The molecule has 1 aromatic heterocycles. The molecule has 2 heterocycles. The van der Waals surface area contributed by atoms with Gasteiger partial charge in [-0.15, -0.1) is 11.3 Å². The first-order chi connectivity index (χ1) is 9.61. The van der Waals surface area contributed by atoms with Gasteiger partial charge in [-0.1, -0.05) is 13.3 Å². The monoisotopic (exact) mass is 317 g/mol. The molecule has 0 aliphatic carbocycles. The van der Waals surface area contributed by atoms with Crippen LogP contribution in [-0.4, -0.2) is 38.8 Å². The Labute approximate surface area is 125 Å². The van der Waals surface area contributed by atoms with E-state index in [0.29, 0.717) is 19.4 Å². The Morgan fingerprint density at radius 3 is 2.85 bits per heavy atom. The molecule has 1 N–H and O–H groups in total. The lowest BCUT2D eigenvalue weighted by atomic mass is 10.3. The maximum Gasteiger partial charge on any atom is 0.211 e. The molecule has 0 atom stereocenters. The standard InChI is InChI=1S/C13H23N3O2S2/c1-2-3-10-20(17,18)14-7-6-12-11-19-13(15-12)16-8-4-5-9-16/h11,14H,2-10H2,1H3. The molecular formula is C13H23N3O2S2. The summed E-state index contributed by atoms with van der Waals surface area (Å²) in [6.07, 6.45) is 4.76. The Morgan fingerprint density at radius 2 is 2.15 bits per heavy atom. The molecule has 0 spiro atoms. The van der Waals surface area contributed by atoms with Crippen LogP contribution in [0, 0.1) is 0 Å². The van der Waals surface area contributed by atoms with Crippen LogP contribution in [-0.2, 0) is 16.4 Å². The van der Waals surface area contributed by atoms with Gasteiger partial charge < -0.3 is 4.90 Å². The molecule has 1 aliphatic rings. The van der Waals surface area contributed by atoms with E-state index in [2.05, 4.69) is 14.6 Å². The second kappa shape index (κ2) is 7.38. The zero-order valence-electron chi connectivity index (χ0n) is 12.0. The number of nitrogens with one attached hydrogen (secondary N) is 1. The van der Waals surface area contributed by atoms with Gasteiger partial charge in [0.15, 0.2) is 5.13 Å². The van der Waals surface area contributed by atoms with E-state index in [1.54, 1.807) is 11.3 Å². The number of sulfonamides is 1. The van der Waals surface area contributed by atoms with E-state index in [9.17, 15) is 8.42 Å². The third-order valence-electron chi connectivity index (χ3n) is 3.39. The fraction of sp³-hybridized carbons (Fsp3) is 0.769. The maximum absolute atomic E-state index is 11.7. The average molecular weight is 317 g/mol. The fourth-order valence-electron chi connectivity index (χ4n) is 2.21. The SMILES string of the molecule is CCCCS(=O)(=O)NCCc1csc(N2CCCC2)n1. The van der Waals surface area contributed by atoms with Crippen molar-refractivity contribution in [2.24, 2.45) is 0 Å². The van der Waals surface area contributed by atoms with Crippen molar-refractivity contribution in [1.82, 2.24) is 9.71 Å². The molecule has 2 rings (SSSR count). The van der Waals surface area contributed by atoms with Crippen molar-refractivity contribution in [2.75, 3.05) is 30.3 Å². The first kappa shape index (κ1) is 15.7. The third kappa shape index (κ3) is 4.71. The second-order valence-electron chi connectivity index (χ2n) is 5.13. The Bertz CT molecular complexity index is 507. The molecule has 5 nitrogen and oxygen atoms in total. The van der Waals surface area contributed by atoms with Crippen LogP contribution in [0.5, 0.6) is 0 Å². The van der Waals surface area contributed by atoms with Gasteiger partial charge in [0.1, 0.15) is 0 Å². The highest BCUT2D eigenvalue weighted by Gasteiger charge is 2.15. The first-order valence-electron chi connectivity index (χ1n) is 7.27. The zero-order valence-corrected chi connectivity index (χ0v) is 13.6. The smallest absolute Gasteiger partial charge is 0.211 e. The highest BCUT2D eigenvalue weighted by Crippen LogP contribution is 2.24. The van der Waals surface area contributed by atoms with E-state index in [4.69, 9.17) is 0 Å². The predicted molar refractivity (Wildman–Crippen MR) is 84.0 cm³/mol. The molecule has 1 fully saturated rings. The van der Waals surface area contributed by atoms with Crippen LogP contribution in [0.3, 0.4) is 0 Å².